The van der Waals surface area contributed by atoms with Crippen LogP contribution in [0.5, 0.6) is 0 Å². The van der Waals surface area contributed by atoms with Crippen molar-refractivity contribution in [3.05, 3.63) is 12.7 Å². The van der Waals surface area contributed by atoms with Crippen molar-refractivity contribution >= 4 is 17.0 Å². The van der Waals surface area contributed by atoms with Gasteiger partial charge in [0.1, 0.15) is 17.9 Å². The van der Waals surface area contributed by atoms with Gasteiger partial charge in [0.15, 0.2) is 23.4 Å². The summed E-state index contributed by atoms with van der Waals surface area (Å²) in [7, 11) is 1.61. The molecule has 0 radical (unpaired) electrons. The molecular formula is C11H14N6O3. The first-order valence-electron chi connectivity index (χ1n) is 6.22. The standard InChI is InChI=1S/C11H14N6O3/c1-19-6-7-11(2-18,16-7)20-10(6)17-4-15-5-8(12)13-3-14-9(5)17/h3-4,6-7,10,16,18H,2H2,1H3,(H2,12,13,14)/t6?,7?,10?,11-/m0/s1. The fourth-order valence-electron chi connectivity index (χ4n) is 2.83. The molecule has 2 aromatic heterocycles. The lowest BCUT2D eigenvalue weighted by molar-refractivity contribution is -0.104. The quantitative estimate of drug-likeness (QED) is 0.585. The van der Waals surface area contributed by atoms with E-state index < -0.39 is 12.0 Å². The maximum atomic E-state index is 9.44. The monoisotopic (exact) mass is 278 g/mol. The van der Waals surface area contributed by atoms with E-state index in [9.17, 15) is 5.11 Å². The summed E-state index contributed by atoms with van der Waals surface area (Å²) in [5, 5.41) is 12.5. The number of aromatic nitrogens is 4. The molecule has 20 heavy (non-hydrogen) atoms. The molecule has 4 rings (SSSR count). The van der Waals surface area contributed by atoms with Crippen molar-refractivity contribution in [3.63, 3.8) is 0 Å². The van der Waals surface area contributed by atoms with E-state index in [1.807, 2.05) is 0 Å². The van der Waals surface area contributed by atoms with Crippen LogP contribution in [0.25, 0.3) is 11.2 Å². The number of fused-ring (bicyclic) bond motifs is 2. The SMILES string of the molecule is COC1C(n2cnc3c(N)ncnc32)O[C@]2(CO)NC12. The summed E-state index contributed by atoms with van der Waals surface area (Å²) < 4.78 is 13.1. The van der Waals surface area contributed by atoms with Gasteiger partial charge >= 0.3 is 0 Å². The molecule has 9 nitrogen and oxygen atoms in total. The molecule has 2 saturated heterocycles. The molecule has 0 spiro atoms. The molecule has 4 atom stereocenters. The smallest absolute Gasteiger partial charge is 0.167 e. The van der Waals surface area contributed by atoms with Gasteiger partial charge in [0.25, 0.3) is 0 Å². The highest BCUT2D eigenvalue weighted by Gasteiger charge is 2.68. The summed E-state index contributed by atoms with van der Waals surface area (Å²) in [5.41, 5.74) is 6.16. The van der Waals surface area contributed by atoms with Crippen LogP contribution < -0.4 is 11.1 Å². The summed E-state index contributed by atoms with van der Waals surface area (Å²) in [4.78, 5) is 12.3. The minimum atomic E-state index is -0.722. The Hall–Kier alpha value is -1.81. The Morgan fingerprint density at radius 1 is 1.55 bits per heavy atom. The highest BCUT2D eigenvalue weighted by Crippen LogP contribution is 2.46. The van der Waals surface area contributed by atoms with Crippen molar-refractivity contribution in [2.45, 2.75) is 24.1 Å². The van der Waals surface area contributed by atoms with Crippen LogP contribution in [0.2, 0.25) is 0 Å². The zero-order valence-corrected chi connectivity index (χ0v) is 10.7. The Balaban J connectivity index is 1.78. The van der Waals surface area contributed by atoms with Crippen LogP contribution >= 0.6 is 0 Å². The van der Waals surface area contributed by atoms with E-state index in [4.69, 9.17) is 15.2 Å². The highest BCUT2D eigenvalue weighted by molar-refractivity contribution is 5.81. The normalized spacial score (nSPS) is 35.4. The average Bonchev–Trinajstić information content (AvgIpc) is 2.87. The van der Waals surface area contributed by atoms with Gasteiger partial charge < -0.3 is 20.3 Å². The van der Waals surface area contributed by atoms with Crippen molar-refractivity contribution in [3.8, 4) is 0 Å². The second kappa shape index (κ2) is 3.85. The predicted molar refractivity (Wildman–Crippen MR) is 67.4 cm³/mol. The molecule has 4 N–H and O–H groups in total. The van der Waals surface area contributed by atoms with E-state index in [1.54, 1.807) is 18.0 Å². The Morgan fingerprint density at radius 3 is 3.15 bits per heavy atom. The number of nitrogens with zero attached hydrogens (tertiary/aromatic N) is 4. The summed E-state index contributed by atoms with van der Waals surface area (Å²) in [6.45, 7) is -0.113. The van der Waals surface area contributed by atoms with Gasteiger partial charge in [0.05, 0.1) is 19.0 Å². The van der Waals surface area contributed by atoms with E-state index in [0.717, 1.165) is 0 Å². The molecular weight excluding hydrogens is 264 g/mol. The Morgan fingerprint density at radius 2 is 2.40 bits per heavy atom. The number of methoxy groups -OCH3 is 1. The van der Waals surface area contributed by atoms with Gasteiger partial charge in [0.2, 0.25) is 0 Å². The molecule has 0 aromatic carbocycles. The molecule has 2 aromatic rings. The van der Waals surface area contributed by atoms with Crippen molar-refractivity contribution in [1.29, 1.82) is 0 Å². The van der Waals surface area contributed by atoms with Gasteiger partial charge in [-0.1, -0.05) is 0 Å². The van der Waals surface area contributed by atoms with Crippen LogP contribution in [0.3, 0.4) is 0 Å². The molecule has 9 heteroatoms. The molecule has 2 aliphatic rings. The highest BCUT2D eigenvalue weighted by atomic mass is 16.6. The lowest BCUT2D eigenvalue weighted by Gasteiger charge is -2.23. The second-order valence-electron chi connectivity index (χ2n) is 4.96. The first-order valence-corrected chi connectivity index (χ1v) is 6.22. The van der Waals surface area contributed by atoms with Crippen LogP contribution in [0, 0.1) is 0 Å². The number of ether oxygens (including phenoxy) is 2. The van der Waals surface area contributed by atoms with E-state index in [0.29, 0.717) is 17.0 Å². The number of nitrogen functional groups attached to an aromatic ring is 1. The molecule has 0 bridgehead atoms. The van der Waals surface area contributed by atoms with Crippen LogP contribution in [0.15, 0.2) is 12.7 Å². The fourth-order valence-corrected chi connectivity index (χ4v) is 2.83. The van der Waals surface area contributed by atoms with E-state index in [1.165, 1.54) is 6.33 Å². The number of nitrogens with one attached hydrogen (secondary N) is 1. The molecule has 0 saturated carbocycles. The number of aliphatic hydroxyl groups excluding tert-OH is 1. The zero-order chi connectivity index (χ0) is 13.9. The number of nitrogens with two attached hydrogens (primary N) is 1. The Kier molecular flexibility index (Phi) is 2.31. The molecule has 3 unspecified atom stereocenters. The van der Waals surface area contributed by atoms with Gasteiger partial charge in [-0.05, 0) is 0 Å². The number of rotatable bonds is 3. The Labute approximate surface area is 113 Å². The lowest BCUT2D eigenvalue weighted by atomic mass is 10.2. The predicted octanol–water partition coefficient (Wildman–Crippen LogP) is -1.39. The molecule has 106 valence electrons. The molecule has 0 amide bonds. The molecule has 2 aliphatic heterocycles. The topological polar surface area (TPSA) is 130 Å². The van der Waals surface area contributed by atoms with E-state index >= 15 is 0 Å². The number of imidazole rings is 1. The summed E-state index contributed by atoms with van der Waals surface area (Å²) in [5.74, 6) is 0.320. The summed E-state index contributed by atoms with van der Waals surface area (Å²) in [6.07, 6.45) is 2.32. The lowest BCUT2D eigenvalue weighted by Crippen LogP contribution is -2.31. The molecule has 4 heterocycles. The van der Waals surface area contributed by atoms with Crippen molar-refractivity contribution < 1.29 is 14.6 Å². The summed E-state index contributed by atoms with van der Waals surface area (Å²) in [6, 6.07) is -0.0425. The largest absolute Gasteiger partial charge is 0.392 e. The minimum Gasteiger partial charge on any atom is -0.392 e. The van der Waals surface area contributed by atoms with Gasteiger partial charge in [0, 0.05) is 7.11 Å². The molecule has 0 aliphatic carbocycles. The van der Waals surface area contributed by atoms with Crippen LogP contribution in [-0.4, -0.2) is 56.2 Å². The van der Waals surface area contributed by atoms with Crippen LogP contribution in [0.1, 0.15) is 6.23 Å². The number of aliphatic hydroxyl groups is 1. The minimum absolute atomic E-state index is 0.0425. The number of anilines is 1. The van der Waals surface area contributed by atoms with Crippen molar-refractivity contribution in [1.82, 2.24) is 24.8 Å². The Bertz CT molecular complexity index is 675. The third-order valence-electron chi connectivity index (χ3n) is 3.93. The summed E-state index contributed by atoms with van der Waals surface area (Å²) >= 11 is 0. The van der Waals surface area contributed by atoms with Crippen LogP contribution in [0.4, 0.5) is 5.82 Å². The fraction of sp³-hybridized carbons (Fsp3) is 0.545. The molecule has 2 fully saturated rings. The second-order valence-corrected chi connectivity index (χ2v) is 4.96. The maximum Gasteiger partial charge on any atom is 0.167 e. The van der Waals surface area contributed by atoms with E-state index in [-0.39, 0.29) is 18.8 Å². The maximum absolute atomic E-state index is 9.44. The van der Waals surface area contributed by atoms with Crippen molar-refractivity contribution in [2.24, 2.45) is 0 Å². The zero-order valence-electron chi connectivity index (χ0n) is 10.7. The third-order valence-corrected chi connectivity index (χ3v) is 3.93. The van der Waals surface area contributed by atoms with Gasteiger partial charge in [-0.3, -0.25) is 9.88 Å². The first kappa shape index (κ1) is 12.0. The first-order chi connectivity index (χ1) is 9.70. The van der Waals surface area contributed by atoms with Crippen LogP contribution in [-0.2, 0) is 9.47 Å². The van der Waals surface area contributed by atoms with Gasteiger partial charge in [-0.25, -0.2) is 15.0 Å². The number of hydrogen-bond acceptors (Lipinski definition) is 8. The van der Waals surface area contributed by atoms with E-state index in [2.05, 4.69) is 20.3 Å². The number of hydrogen-bond donors (Lipinski definition) is 3. The van der Waals surface area contributed by atoms with Gasteiger partial charge in [-0.2, -0.15) is 0 Å². The third kappa shape index (κ3) is 1.37. The van der Waals surface area contributed by atoms with Crippen molar-refractivity contribution in [2.75, 3.05) is 19.5 Å². The van der Waals surface area contributed by atoms with Gasteiger partial charge in [-0.15, -0.1) is 0 Å². The average molecular weight is 278 g/mol.